The molecular weight excluding hydrogens is 337 g/mol. The van der Waals surface area contributed by atoms with Gasteiger partial charge in [-0.2, -0.15) is 0 Å². The summed E-state index contributed by atoms with van der Waals surface area (Å²) < 4.78 is 43.8. The van der Waals surface area contributed by atoms with Gasteiger partial charge in [0.1, 0.15) is 5.82 Å². The number of aromatic hydroxyl groups is 2. The van der Waals surface area contributed by atoms with Gasteiger partial charge in [-0.25, -0.2) is 17.1 Å². The maximum atomic E-state index is 13.9. The smallest absolute Gasteiger partial charge is 0.256 e. The second kappa shape index (κ2) is 5.06. The zero-order valence-corrected chi connectivity index (χ0v) is 12.7. The van der Waals surface area contributed by atoms with Crippen LogP contribution in [0.1, 0.15) is 6.42 Å². The lowest BCUT2D eigenvalue weighted by Gasteiger charge is -2.13. The monoisotopic (exact) mass is 347 g/mol. The van der Waals surface area contributed by atoms with Gasteiger partial charge in [-0.1, -0.05) is 17.7 Å². The van der Waals surface area contributed by atoms with E-state index in [0.717, 1.165) is 10.4 Å². The highest BCUT2D eigenvalue weighted by Crippen LogP contribution is 2.50. The van der Waals surface area contributed by atoms with Gasteiger partial charge in [-0.05, 0) is 18.6 Å². The van der Waals surface area contributed by atoms with Gasteiger partial charge < -0.3 is 14.6 Å². The molecule has 2 heterocycles. The third kappa shape index (κ3) is 2.19. The van der Waals surface area contributed by atoms with Crippen LogP contribution in [0.3, 0.4) is 0 Å². The standard InChI is InChI=1S/C13H11ClFNO5S/c14-7-3-1-4-8(15)9(7)12-10(17)11(18)13(21-12)16-5-2-6-22(16,19)20/h1,3-4,17-18H,2,5-6H2. The molecule has 0 aliphatic carbocycles. The molecule has 0 radical (unpaired) electrons. The van der Waals surface area contributed by atoms with Crippen LogP contribution in [0.15, 0.2) is 22.6 Å². The first-order chi connectivity index (χ1) is 10.3. The molecule has 2 aromatic rings. The van der Waals surface area contributed by atoms with Crippen molar-refractivity contribution in [1.82, 2.24) is 0 Å². The first kappa shape index (κ1) is 15.0. The molecule has 1 aliphatic rings. The van der Waals surface area contributed by atoms with Gasteiger partial charge in [-0.15, -0.1) is 0 Å². The number of hydrogen-bond acceptors (Lipinski definition) is 5. The molecule has 2 N–H and O–H groups in total. The van der Waals surface area contributed by atoms with Gasteiger partial charge >= 0.3 is 0 Å². The third-order valence-corrected chi connectivity index (χ3v) is 5.50. The molecule has 0 spiro atoms. The molecule has 0 bridgehead atoms. The second-order valence-corrected chi connectivity index (χ2v) is 7.19. The van der Waals surface area contributed by atoms with E-state index in [0.29, 0.717) is 6.42 Å². The van der Waals surface area contributed by atoms with Crippen LogP contribution in [0.5, 0.6) is 11.5 Å². The molecule has 0 atom stereocenters. The molecular formula is C13H11ClFNO5S. The van der Waals surface area contributed by atoms with Crippen LogP contribution in [-0.2, 0) is 10.0 Å². The molecule has 0 unspecified atom stereocenters. The molecule has 0 amide bonds. The maximum Gasteiger partial charge on any atom is 0.256 e. The van der Waals surface area contributed by atoms with Gasteiger partial charge in [0.25, 0.3) is 5.88 Å². The summed E-state index contributed by atoms with van der Waals surface area (Å²) in [6.07, 6.45) is 0.360. The van der Waals surface area contributed by atoms with Crippen LogP contribution in [-0.4, -0.2) is 30.9 Å². The van der Waals surface area contributed by atoms with Crippen molar-refractivity contribution < 1.29 is 27.4 Å². The van der Waals surface area contributed by atoms with Crippen LogP contribution in [0.4, 0.5) is 10.3 Å². The van der Waals surface area contributed by atoms with Crippen LogP contribution >= 0.6 is 11.6 Å². The molecule has 1 fully saturated rings. The fraction of sp³-hybridized carbons (Fsp3) is 0.231. The average molecular weight is 348 g/mol. The second-order valence-electron chi connectivity index (χ2n) is 4.77. The molecule has 1 aromatic carbocycles. The number of hydrogen-bond donors (Lipinski definition) is 2. The van der Waals surface area contributed by atoms with Crippen molar-refractivity contribution in [3.8, 4) is 22.8 Å². The van der Waals surface area contributed by atoms with E-state index in [4.69, 9.17) is 16.0 Å². The summed E-state index contributed by atoms with van der Waals surface area (Å²) in [6.45, 7) is 0.104. The first-order valence-electron chi connectivity index (χ1n) is 6.32. The number of nitrogens with zero attached hydrogens (tertiary/aromatic N) is 1. The molecule has 1 aliphatic heterocycles. The van der Waals surface area contributed by atoms with E-state index >= 15 is 0 Å². The minimum atomic E-state index is -3.63. The Kier molecular flexibility index (Phi) is 3.45. The summed E-state index contributed by atoms with van der Waals surface area (Å²) in [5.41, 5.74) is -0.250. The number of halogens is 2. The highest BCUT2D eigenvalue weighted by atomic mass is 35.5. The molecule has 9 heteroatoms. The summed E-state index contributed by atoms with van der Waals surface area (Å²) in [4.78, 5) is 0. The van der Waals surface area contributed by atoms with E-state index in [1.807, 2.05) is 0 Å². The Morgan fingerprint density at radius 1 is 1.27 bits per heavy atom. The number of anilines is 1. The van der Waals surface area contributed by atoms with E-state index in [1.54, 1.807) is 0 Å². The summed E-state index contributed by atoms with van der Waals surface area (Å²) in [5, 5.41) is 19.9. The van der Waals surface area contributed by atoms with Crippen molar-refractivity contribution >= 4 is 27.5 Å². The minimum absolute atomic E-state index is 0.0418. The number of furan rings is 1. The Hall–Kier alpha value is -1.93. The average Bonchev–Trinajstić information content (AvgIpc) is 2.92. The van der Waals surface area contributed by atoms with E-state index in [-0.39, 0.29) is 22.9 Å². The predicted molar refractivity (Wildman–Crippen MR) is 78.2 cm³/mol. The van der Waals surface area contributed by atoms with Crippen molar-refractivity contribution in [1.29, 1.82) is 0 Å². The highest BCUT2D eigenvalue weighted by Gasteiger charge is 2.36. The minimum Gasteiger partial charge on any atom is -0.502 e. The van der Waals surface area contributed by atoms with Crippen molar-refractivity contribution in [2.75, 3.05) is 16.6 Å². The zero-order chi connectivity index (χ0) is 16.1. The number of benzene rings is 1. The van der Waals surface area contributed by atoms with E-state index in [1.165, 1.54) is 12.1 Å². The van der Waals surface area contributed by atoms with Crippen molar-refractivity contribution in [3.05, 3.63) is 29.0 Å². The van der Waals surface area contributed by atoms with Crippen molar-refractivity contribution in [3.63, 3.8) is 0 Å². The van der Waals surface area contributed by atoms with Crippen molar-refractivity contribution in [2.45, 2.75) is 6.42 Å². The molecule has 1 saturated heterocycles. The van der Waals surface area contributed by atoms with Gasteiger partial charge in [0, 0.05) is 6.54 Å². The Bertz CT molecular complexity index is 828. The van der Waals surface area contributed by atoms with Gasteiger partial charge in [0.05, 0.1) is 16.3 Å². The van der Waals surface area contributed by atoms with Crippen LogP contribution in [0.25, 0.3) is 11.3 Å². The number of rotatable bonds is 2. The topological polar surface area (TPSA) is 91.0 Å². The largest absolute Gasteiger partial charge is 0.502 e. The Morgan fingerprint density at radius 2 is 2.00 bits per heavy atom. The zero-order valence-electron chi connectivity index (χ0n) is 11.1. The summed E-state index contributed by atoms with van der Waals surface area (Å²) in [7, 11) is -3.63. The Labute approximate surface area is 130 Å². The number of sulfonamides is 1. The maximum absolute atomic E-state index is 13.9. The van der Waals surface area contributed by atoms with E-state index in [9.17, 15) is 23.0 Å². The fourth-order valence-corrected chi connectivity index (χ4v) is 4.07. The summed E-state index contributed by atoms with van der Waals surface area (Å²) in [5.74, 6) is -3.25. The van der Waals surface area contributed by atoms with E-state index < -0.39 is 39.0 Å². The van der Waals surface area contributed by atoms with Crippen molar-refractivity contribution in [2.24, 2.45) is 0 Å². The fourth-order valence-electron chi connectivity index (χ4n) is 2.32. The molecule has 3 rings (SSSR count). The lowest BCUT2D eigenvalue weighted by atomic mass is 10.1. The molecule has 1 aromatic heterocycles. The first-order valence-corrected chi connectivity index (χ1v) is 8.31. The normalized spacial score (nSPS) is 17.1. The summed E-state index contributed by atoms with van der Waals surface area (Å²) in [6, 6.07) is 3.85. The molecule has 22 heavy (non-hydrogen) atoms. The molecule has 118 valence electrons. The van der Waals surface area contributed by atoms with Crippen LogP contribution in [0, 0.1) is 5.82 Å². The van der Waals surface area contributed by atoms with Crippen LogP contribution in [0.2, 0.25) is 5.02 Å². The quantitative estimate of drug-likeness (QED) is 0.871. The lowest BCUT2D eigenvalue weighted by Crippen LogP contribution is -2.24. The lowest BCUT2D eigenvalue weighted by molar-refractivity contribution is 0.409. The predicted octanol–water partition coefficient (Wildman–Crippen LogP) is 2.69. The van der Waals surface area contributed by atoms with Crippen LogP contribution < -0.4 is 4.31 Å². The SMILES string of the molecule is O=S1(=O)CCCN1c1oc(-c2c(F)cccc2Cl)c(O)c1O. The van der Waals surface area contributed by atoms with Gasteiger partial charge in [0.15, 0.2) is 5.76 Å². The van der Waals surface area contributed by atoms with Gasteiger partial charge in [-0.3, -0.25) is 0 Å². The van der Waals surface area contributed by atoms with Gasteiger partial charge in [0.2, 0.25) is 21.5 Å². The summed E-state index contributed by atoms with van der Waals surface area (Å²) >= 11 is 5.89. The highest BCUT2D eigenvalue weighted by molar-refractivity contribution is 7.93. The third-order valence-electron chi connectivity index (χ3n) is 3.36. The Morgan fingerprint density at radius 3 is 2.59 bits per heavy atom. The molecule has 6 nitrogen and oxygen atoms in total. The Balaban J connectivity index is 2.19. The van der Waals surface area contributed by atoms with E-state index in [2.05, 4.69) is 0 Å². The molecule has 0 saturated carbocycles.